The summed E-state index contributed by atoms with van der Waals surface area (Å²) in [6.45, 7) is 3.62. The molecule has 6 nitrogen and oxygen atoms in total. The number of nitrogens with one attached hydrogen (secondary N) is 2. The van der Waals surface area contributed by atoms with E-state index in [0.29, 0.717) is 11.5 Å². The fraction of sp³-hybridized carbons (Fsp3) is 0.263. The van der Waals surface area contributed by atoms with Crippen LogP contribution in [0, 0.1) is 6.92 Å². The molecule has 0 unspecified atom stereocenters. The third-order valence-electron chi connectivity index (χ3n) is 3.40. The number of hydrogen-bond acceptors (Lipinski definition) is 4. The fourth-order valence-corrected chi connectivity index (χ4v) is 2.04. The van der Waals surface area contributed by atoms with Crippen LogP contribution in [0.15, 0.2) is 48.5 Å². The van der Waals surface area contributed by atoms with Gasteiger partial charge in [0, 0.05) is 0 Å². The molecule has 132 valence electrons. The number of amides is 2. The van der Waals surface area contributed by atoms with E-state index in [1.54, 1.807) is 18.2 Å². The molecule has 2 rings (SSSR count). The van der Waals surface area contributed by atoms with Crippen LogP contribution in [0.25, 0.3) is 0 Å². The number of ether oxygens (including phenoxy) is 2. The number of hydrazine groups is 1. The average molecular weight is 342 g/mol. The van der Waals surface area contributed by atoms with Gasteiger partial charge in [-0.2, -0.15) is 0 Å². The predicted octanol–water partition coefficient (Wildman–Crippen LogP) is 2.16. The van der Waals surface area contributed by atoms with Gasteiger partial charge in [0.1, 0.15) is 11.5 Å². The monoisotopic (exact) mass is 342 g/mol. The highest BCUT2D eigenvalue weighted by Gasteiger charge is 2.06. The van der Waals surface area contributed by atoms with Gasteiger partial charge in [-0.1, -0.05) is 31.2 Å². The van der Waals surface area contributed by atoms with Crippen LogP contribution in [0.4, 0.5) is 0 Å². The highest BCUT2D eigenvalue weighted by Crippen LogP contribution is 2.12. The standard InChI is InChI=1S/C19H22N2O4/c1-3-15-7-9-16(10-8-15)24-12-18(22)20-21-19(23)13-25-17-6-4-5-14(2)11-17/h4-11H,3,12-13H2,1-2H3,(H,20,22)(H,21,23). The predicted molar refractivity (Wildman–Crippen MR) is 94.3 cm³/mol. The van der Waals surface area contributed by atoms with Crippen LogP contribution in [0.1, 0.15) is 18.1 Å². The van der Waals surface area contributed by atoms with Gasteiger partial charge in [-0.05, 0) is 48.7 Å². The Morgan fingerprint density at radius 2 is 1.48 bits per heavy atom. The number of carbonyl (C=O) groups is 2. The molecule has 0 aromatic heterocycles. The molecule has 0 aliphatic carbocycles. The Labute approximate surface area is 147 Å². The molecule has 0 aliphatic heterocycles. The molecular weight excluding hydrogens is 320 g/mol. The van der Waals surface area contributed by atoms with Crippen LogP contribution in [-0.4, -0.2) is 25.0 Å². The van der Waals surface area contributed by atoms with E-state index in [2.05, 4.69) is 17.8 Å². The molecule has 2 amide bonds. The van der Waals surface area contributed by atoms with E-state index in [0.717, 1.165) is 12.0 Å². The maximum atomic E-state index is 11.7. The lowest BCUT2D eigenvalue weighted by molar-refractivity contribution is -0.131. The first kappa shape index (κ1) is 18.3. The molecule has 0 aliphatic rings. The molecule has 0 spiro atoms. The van der Waals surface area contributed by atoms with Gasteiger partial charge < -0.3 is 9.47 Å². The summed E-state index contributed by atoms with van der Waals surface area (Å²) in [5, 5.41) is 0. The van der Waals surface area contributed by atoms with Crippen molar-refractivity contribution in [1.82, 2.24) is 10.9 Å². The minimum absolute atomic E-state index is 0.190. The van der Waals surface area contributed by atoms with E-state index in [4.69, 9.17) is 9.47 Å². The minimum Gasteiger partial charge on any atom is -0.484 e. The Kier molecular flexibility index (Phi) is 6.83. The number of hydrogen-bond donors (Lipinski definition) is 2. The van der Waals surface area contributed by atoms with Crippen LogP contribution >= 0.6 is 0 Å². The van der Waals surface area contributed by atoms with Crippen molar-refractivity contribution >= 4 is 11.8 Å². The van der Waals surface area contributed by atoms with Crippen molar-refractivity contribution in [2.45, 2.75) is 20.3 Å². The number of rotatable bonds is 7. The van der Waals surface area contributed by atoms with Crippen LogP contribution in [-0.2, 0) is 16.0 Å². The summed E-state index contributed by atoms with van der Waals surface area (Å²) < 4.78 is 10.7. The Balaban J connectivity index is 1.65. The summed E-state index contributed by atoms with van der Waals surface area (Å²) >= 11 is 0. The molecule has 0 atom stereocenters. The average Bonchev–Trinajstić information content (AvgIpc) is 2.63. The van der Waals surface area contributed by atoms with Gasteiger partial charge in [-0.25, -0.2) is 0 Å². The maximum Gasteiger partial charge on any atom is 0.276 e. The van der Waals surface area contributed by atoms with Crippen molar-refractivity contribution < 1.29 is 19.1 Å². The lowest BCUT2D eigenvalue weighted by Crippen LogP contribution is -2.45. The maximum absolute atomic E-state index is 11.7. The molecule has 2 aromatic carbocycles. The molecule has 2 aromatic rings. The number of benzene rings is 2. The van der Waals surface area contributed by atoms with Crippen molar-refractivity contribution in [3.05, 3.63) is 59.7 Å². The fourth-order valence-electron chi connectivity index (χ4n) is 2.04. The van der Waals surface area contributed by atoms with Crippen molar-refractivity contribution in [2.24, 2.45) is 0 Å². The zero-order valence-corrected chi connectivity index (χ0v) is 14.4. The van der Waals surface area contributed by atoms with E-state index in [1.807, 2.05) is 37.3 Å². The SMILES string of the molecule is CCc1ccc(OCC(=O)NNC(=O)COc2cccc(C)c2)cc1. The normalized spacial score (nSPS) is 10.0. The molecule has 6 heteroatoms. The Hall–Kier alpha value is -3.02. The third-order valence-corrected chi connectivity index (χ3v) is 3.40. The summed E-state index contributed by atoms with van der Waals surface area (Å²) in [7, 11) is 0. The molecule has 0 radical (unpaired) electrons. The zero-order chi connectivity index (χ0) is 18.1. The molecule has 25 heavy (non-hydrogen) atoms. The second-order valence-corrected chi connectivity index (χ2v) is 5.49. The smallest absolute Gasteiger partial charge is 0.276 e. The van der Waals surface area contributed by atoms with E-state index >= 15 is 0 Å². The Morgan fingerprint density at radius 1 is 0.880 bits per heavy atom. The first-order chi connectivity index (χ1) is 12.1. The number of carbonyl (C=O) groups excluding carboxylic acids is 2. The van der Waals surface area contributed by atoms with Crippen LogP contribution in [0.2, 0.25) is 0 Å². The van der Waals surface area contributed by atoms with E-state index in [9.17, 15) is 9.59 Å². The quantitative estimate of drug-likeness (QED) is 0.756. The lowest BCUT2D eigenvalue weighted by Gasteiger charge is -2.10. The molecule has 0 saturated heterocycles. The molecule has 0 bridgehead atoms. The topological polar surface area (TPSA) is 76.7 Å². The van der Waals surface area contributed by atoms with Gasteiger partial charge in [0.05, 0.1) is 0 Å². The van der Waals surface area contributed by atoms with Crippen molar-refractivity contribution in [2.75, 3.05) is 13.2 Å². The van der Waals surface area contributed by atoms with Gasteiger partial charge in [-0.3, -0.25) is 20.4 Å². The summed E-state index contributed by atoms with van der Waals surface area (Å²) in [5.41, 5.74) is 6.79. The van der Waals surface area contributed by atoms with Crippen LogP contribution < -0.4 is 20.3 Å². The van der Waals surface area contributed by atoms with Gasteiger partial charge in [0.15, 0.2) is 13.2 Å². The zero-order valence-electron chi connectivity index (χ0n) is 14.4. The van der Waals surface area contributed by atoms with E-state index in [1.165, 1.54) is 5.56 Å². The molecule has 2 N–H and O–H groups in total. The molecule has 0 heterocycles. The van der Waals surface area contributed by atoms with Crippen molar-refractivity contribution in [3.63, 3.8) is 0 Å². The van der Waals surface area contributed by atoms with Crippen molar-refractivity contribution in [3.8, 4) is 11.5 Å². The van der Waals surface area contributed by atoms with Gasteiger partial charge >= 0.3 is 0 Å². The molecular formula is C19H22N2O4. The Morgan fingerprint density at radius 3 is 2.04 bits per heavy atom. The summed E-state index contributed by atoms with van der Waals surface area (Å²) in [4.78, 5) is 23.3. The highest BCUT2D eigenvalue weighted by molar-refractivity contribution is 5.83. The lowest BCUT2D eigenvalue weighted by atomic mass is 10.2. The third kappa shape index (κ3) is 6.55. The van der Waals surface area contributed by atoms with Crippen LogP contribution in [0.5, 0.6) is 11.5 Å². The minimum atomic E-state index is -0.456. The van der Waals surface area contributed by atoms with Crippen molar-refractivity contribution in [1.29, 1.82) is 0 Å². The second kappa shape index (κ2) is 9.32. The Bertz CT molecular complexity index is 714. The van der Waals surface area contributed by atoms with Gasteiger partial charge in [0.2, 0.25) is 0 Å². The first-order valence-electron chi connectivity index (χ1n) is 8.05. The summed E-state index contributed by atoms with van der Waals surface area (Å²) in [6, 6.07) is 14.9. The largest absolute Gasteiger partial charge is 0.484 e. The van der Waals surface area contributed by atoms with Gasteiger partial charge in [-0.15, -0.1) is 0 Å². The molecule has 0 fully saturated rings. The van der Waals surface area contributed by atoms with E-state index in [-0.39, 0.29) is 13.2 Å². The summed E-state index contributed by atoms with van der Waals surface area (Å²) in [5.74, 6) is 0.285. The highest BCUT2D eigenvalue weighted by atomic mass is 16.5. The van der Waals surface area contributed by atoms with Crippen LogP contribution in [0.3, 0.4) is 0 Å². The summed E-state index contributed by atoms with van der Waals surface area (Å²) in [6.07, 6.45) is 0.942. The first-order valence-corrected chi connectivity index (χ1v) is 8.05. The molecule has 0 saturated carbocycles. The second-order valence-electron chi connectivity index (χ2n) is 5.49. The number of aryl methyl sites for hydroxylation is 2. The van der Waals surface area contributed by atoms with E-state index < -0.39 is 11.8 Å². The van der Waals surface area contributed by atoms with Gasteiger partial charge in [0.25, 0.3) is 11.8 Å².